The Bertz CT molecular complexity index is 538. The fourth-order valence-electron chi connectivity index (χ4n) is 3.52. The van der Waals surface area contributed by atoms with Gasteiger partial charge in [-0.2, -0.15) is 0 Å². The van der Waals surface area contributed by atoms with Crippen molar-refractivity contribution < 1.29 is 9.53 Å². The van der Waals surface area contributed by atoms with Crippen LogP contribution in [0.3, 0.4) is 0 Å². The lowest BCUT2D eigenvalue weighted by atomic mass is 9.92. The van der Waals surface area contributed by atoms with E-state index in [2.05, 4.69) is 4.98 Å². The zero-order chi connectivity index (χ0) is 15.2. The molecule has 3 rings (SSSR count). The minimum Gasteiger partial charge on any atom is -0.444 e. The Kier molecular flexibility index (Phi) is 3.60. The SMILES string of the molecule is CC(C)(C)OC(=O)N1CC2CC(c3ccc(Cl)nc3)C1C2. The quantitative estimate of drug-likeness (QED) is 0.740. The van der Waals surface area contributed by atoms with E-state index in [1.54, 1.807) is 0 Å². The van der Waals surface area contributed by atoms with Gasteiger partial charge in [0.15, 0.2) is 0 Å². The van der Waals surface area contributed by atoms with Crippen LogP contribution in [0.2, 0.25) is 5.15 Å². The molecule has 21 heavy (non-hydrogen) atoms. The summed E-state index contributed by atoms with van der Waals surface area (Å²) < 4.78 is 5.53. The van der Waals surface area contributed by atoms with Crippen molar-refractivity contribution in [1.29, 1.82) is 0 Å². The second-order valence-electron chi connectivity index (χ2n) is 7.06. The lowest BCUT2D eigenvalue weighted by molar-refractivity contribution is 0.0170. The normalized spacial score (nSPS) is 28.0. The minimum absolute atomic E-state index is 0.193. The summed E-state index contributed by atoms with van der Waals surface area (Å²) in [4.78, 5) is 18.4. The number of aromatic nitrogens is 1. The van der Waals surface area contributed by atoms with Gasteiger partial charge >= 0.3 is 6.09 Å². The molecular weight excluding hydrogens is 288 g/mol. The number of ether oxygens (including phenoxy) is 1. The van der Waals surface area contributed by atoms with Crippen molar-refractivity contribution in [1.82, 2.24) is 9.88 Å². The number of halogens is 1. The standard InChI is InChI=1S/C16H21ClN2O2/c1-16(2,3)21-15(20)19-9-10-6-12(13(19)7-10)11-4-5-14(17)18-8-11/h4-5,8,10,12-13H,6-7,9H2,1-3H3. The largest absolute Gasteiger partial charge is 0.444 e. The third-order valence-corrected chi connectivity index (χ3v) is 4.51. The first-order valence-corrected chi connectivity index (χ1v) is 7.82. The summed E-state index contributed by atoms with van der Waals surface area (Å²) in [7, 11) is 0. The highest BCUT2D eigenvalue weighted by Gasteiger charge is 2.48. The van der Waals surface area contributed by atoms with Crippen molar-refractivity contribution in [3.05, 3.63) is 29.0 Å². The van der Waals surface area contributed by atoms with Gasteiger partial charge in [-0.1, -0.05) is 17.7 Å². The molecule has 1 aliphatic heterocycles. The van der Waals surface area contributed by atoms with E-state index in [4.69, 9.17) is 16.3 Å². The van der Waals surface area contributed by atoms with Gasteiger partial charge in [-0.3, -0.25) is 0 Å². The Morgan fingerprint density at radius 1 is 1.38 bits per heavy atom. The number of fused-ring (bicyclic) bond motifs is 2. The number of hydrogen-bond acceptors (Lipinski definition) is 3. The minimum atomic E-state index is -0.448. The number of rotatable bonds is 1. The molecule has 0 spiro atoms. The van der Waals surface area contributed by atoms with E-state index >= 15 is 0 Å². The first-order valence-electron chi connectivity index (χ1n) is 7.44. The van der Waals surface area contributed by atoms with E-state index < -0.39 is 5.60 Å². The average Bonchev–Trinajstić information content (AvgIpc) is 2.97. The van der Waals surface area contributed by atoms with Crippen molar-refractivity contribution in [2.45, 2.75) is 51.2 Å². The van der Waals surface area contributed by atoms with Crippen LogP contribution in [0.15, 0.2) is 18.3 Å². The summed E-state index contributed by atoms with van der Waals surface area (Å²) in [5.74, 6) is 0.921. The van der Waals surface area contributed by atoms with Crippen LogP contribution in [0, 0.1) is 5.92 Å². The van der Waals surface area contributed by atoms with Crippen LogP contribution in [0.4, 0.5) is 4.79 Å². The van der Waals surface area contributed by atoms with Crippen molar-refractivity contribution in [3.63, 3.8) is 0 Å². The van der Waals surface area contributed by atoms with E-state index in [0.717, 1.165) is 19.4 Å². The second-order valence-corrected chi connectivity index (χ2v) is 7.45. The highest BCUT2D eigenvalue weighted by molar-refractivity contribution is 6.29. The van der Waals surface area contributed by atoms with Gasteiger partial charge in [-0.05, 0) is 51.2 Å². The summed E-state index contributed by atoms with van der Waals surface area (Å²) in [6, 6.07) is 4.07. The fourth-order valence-corrected chi connectivity index (χ4v) is 3.63. The topological polar surface area (TPSA) is 42.4 Å². The van der Waals surface area contributed by atoms with E-state index in [1.807, 2.05) is 44.0 Å². The molecule has 2 bridgehead atoms. The summed E-state index contributed by atoms with van der Waals surface area (Å²) in [6.07, 6.45) is 3.82. The Morgan fingerprint density at radius 3 is 2.71 bits per heavy atom. The molecule has 114 valence electrons. The maximum Gasteiger partial charge on any atom is 0.410 e. The summed E-state index contributed by atoms with van der Waals surface area (Å²) in [5.41, 5.74) is 0.719. The summed E-state index contributed by atoms with van der Waals surface area (Å²) >= 11 is 5.85. The third-order valence-electron chi connectivity index (χ3n) is 4.29. The van der Waals surface area contributed by atoms with Crippen LogP contribution in [0.5, 0.6) is 0 Å². The Hall–Kier alpha value is -1.29. The lowest BCUT2D eigenvalue weighted by Crippen LogP contribution is -2.44. The van der Waals surface area contributed by atoms with Gasteiger partial charge in [-0.15, -0.1) is 0 Å². The summed E-state index contributed by atoms with van der Waals surface area (Å²) in [6.45, 7) is 6.52. The van der Waals surface area contributed by atoms with Gasteiger partial charge in [-0.25, -0.2) is 9.78 Å². The number of carbonyl (C=O) groups excluding carboxylic acids is 1. The van der Waals surface area contributed by atoms with Gasteiger partial charge < -0.3 is 9.64 Å². The molecule has 3 atom stereocenters. The Balaban J connectivity index is 1.75. The number of amides is 1. The molecule has 1 aliphatic carbocycles. The van der Waals surface area contributed by atoms with Gasteiger partial charge in [0.1, 0.15) is 10.8 Å². The van der Waals surface area contributed by atoms with E-state index in [9.17, 15) is 4.79 Å². The average molecular weight is 309 g/mol. The van der Waals surface area contributed by atoms with Gasteiger partial charge in [0.05, 0.1) is 0 Å². The first-order chi connectivity index (χ1) is 9.83. The van der Waals surface area contributed by atoms with Gasteiger partial charge in [0.2, 0.25) is 0 Å². The van der Waals surface area contributed by atoms with E-state index in [0.29, 0.717) is 17.0 Å². The smallest absolute Gasteiger partial charge is 0.410 e. The maximum absolute atomic E-state index is 12.3. The number of carbonyl (C=O) groups is 1. The Labute approximate surface area is 130 Å². The molecule has 3 unspecified atom stereocenters. The van der Waals surface area contributed by atoms with Crippen LogP contribution >= 0.6 is 11.6 Å². The van der Waals surface area contributed by atoms with Crippen molar-refractivity contribution >= 4 is 17.7 Å². The molecule has 1 aromatic rings. The molecule has 2 fully saturated rings. The number of likely N-dealkylation sites (tertiary alicyclic amines) is 1. The predicted molar refractivity (Wildman–Crippen MR) is 81.4 cm³/mol. The molecule has 1 saturated heterocycles. The summed E-state index contributed by atoms with van der Waals surface area (Å²) in [5, 5.41) is 0.505. The molecule has 1 amide bonds. The van der Waals surface area contributed by atoms with Crippen LogP contribution in [0.25, 0.3) is 0 Å². The van der Waals surface area contributed by atoms with Gasteiger partial charge in [0.25, 0.3) is 0 Å². The molecule has 2 aliphatic rings. The Morgan fingerprint density at radius 2 is 2.14 bits per heavy atom. The molecule has 0 aromatic carbocycles. The fraction of sp³-hybridized carbons (Fsp3) is 0.625. The molecule has 2 heterocycles. The van der Waals surface area contributed by atoms with Crippen molar-refractivity contribution in [2.75, 3.05) is 6.54 Å². The van der Waals surface area contributed by atoms with Crippen molar-refractivity contribution in [2.24, 2.45) is 5.92 Å². The van der Waals surface area contributed by atoms with E-state index in [-0.39, 0.29) is 12.1 Å². The van der Waals surface area contributed by atoms with Crippen LogP contribution < -0.4 is 0 Å². The number of piperidine rings is 1. The van der Waals surface area contributed by atoms with Crippen LogP contribution in [-0.2, 0) is 4.74 Å². The lowest BCUT2D eigenvalue weighted by Gasteiger charge is -2.34. The molecule has 0 radical (unpaired) electrons. The highest BCUT2D eigenvalue weighted by atomic mass is 35.5. The molecule has 1 aromatic heterocycles. The monoisotopic (exact) mass is 308 g/mol. The van der Waals surface area contributed by atoms with E-state index in [1.165, 1.54) is 5.56 Å². The highest BCUT2D eigenvalue weighted by Crippen LogP contribution is 2.47. The van der Waals surface area contributed by atoms with Gasteiger partial charge in [0, 0.05) is 24.7 Å². The van der Waals surface area contributed by atoms with Crippen molar-refractivity contribution in [3.8, 4) is 0 Å². The third kappa shape index (κ3) is 3.00. The molecule has 0 N–H and O–H groups in total. The van der Waals surface area contributed by atoms with Crippen LogP contribution in [-0.4, -0.2) is 34.2 Å². The predicted octanol–water partition coefficient (Wildman–Crippen LogP) is 3.85. The molecule has 5 heteroatoms. The first kappa shape index (κ1) is 14.6. The zero-order valence-electron chi connectivity index (χ0n) is 12.7. The second kappa shape index (κ2) is 5.16. The maximum atomic E-state index is 12.3. The molecule has 1 saturated carbocycles. The number of hydrogen-bond donors (Lipinski definition) is 0. The van der Waals surface area contributed by atoms with Crippen LogP contribution in [0.1, 0.15) is 45.1 Å². The number of nitrogens with zero attached hydrogens (tertiary/aromatic N) is 2. The number of pyridine rings is 1. The molecule has 4 nitrogen and oxygen atoms in total. The zero-order valence-corrected chi connectivity index (χ0v) is 13.4. The molecular formula is C16H21ClN2O2.